The van der Waals surface area contributed by atoms with Crippen LogP contribution in [0.15, 0.2) is 9.95 Å². The smallest absolute Gasteiger partial charge is 0.260 e. The summed E-state index contributed by atoms with van der Waals surface area (Å²) in [7, 11) is 1.64. The molecule has 136 valence electrons. The molecule has 0 spiro atoms. The normalized spacial score (nSPS) is 16.8. The molecule has 6 nitrogen and oxygen atoms in total. The van der Waals surface area contributed by atoms with E-state index in [1.807, 2.05) is 0 Å². The van der Waals surface area contributed by atoms with Crippen LogP contribution in [0.3, 0.4) is 0 Å². The molecule has 0 saturated carbocycles. The predicted octanol–water partition coefficient (Wildman–Crippen LogP) is 2.35. The molecule has 0 unspecified atom stereocenters. The molecule has 1 aliphatic rings. The summed E-state index contributed by atoms with van der Waals surface area (Å²) in [4.78, 5) is 33.8. The first kappa shape index (κ1) is 18.4. The molecule has 25 heavy (non-hydrogen) atoms. The molecule has 2 aromatic rings. The lowest BCUT2D eigenvalue weighted by Crippen LogP contribution is -2.27. The number of aryl methyl sites for hydroxylation is 1. The fraction of sp³-hybridized carbons (Fsp3) is 0.588. The number of ether oxygens (including phenoxy) is 1. The van der Waals surface area contributed by atoms with Crippen molar-refractivity contribution in [3.05, 3.63) is 20.8 Å². The van der Waals surface area contributed by atoms with Crippen molar-refractivity contribution < 1.29 is 9.53 Å². The number of aromatic amines is 1. The molecular weight excluding hydrogens is 358 g/mol. The summed E-state index contributed by atoms with van der Waals surface area (Å²) in [6.45, 7) is 3.46. The number of thioether (sulfide) groups is 1. The van der Waals surface area contributed by atoms with E-state index in [-0.39, 0.29) is 17.2 Å². The number of methoxy groups -OCH3 is 1. The van der Waals surface area contributed by atoms with E-state index in [0.717, 1.165) is 35.9 Å². The topological polar surface area (TPSA) is 84.1 Å². The third kappa shape index (κ3) is 4.43. The lowest BCUT2D eigenvalue weighted by molar-refractivity contribution is -0.118. The van der Waals surface area contributed by atoms with E-state index in [4.69, 9.17) is 4.74 Å². The van der Waals surface area contributed by atoms with Gasteiger partial charge in [0.2, 0.25) is 5.91 Å². The molecule has 0 radical (unpaired) electrons. The fourth-order valence-corrected chi connectivity index (χ4v) is 5.16. The molecule has 0 bridgehead atoms. The summed E-state index contributed by atoms with van der Waals surface area (Å²) in [6, 6.07) is 0. The zero-order chi connectivity index (χ0) is 17.8. The Morgan fingerprint density at radius 3 is 3.16 bits per heavy atom. The monoisotopic (exact) mass is 381 g/mol. The summed E-state index contributed by atoms with van der Waals surface area (Å²) >= 11 is 2.89. The second-order valence-electron chi connectivity index (χ2n) is 6.39. The minimum atomic E-state index is -0.0833. The zero-order valence-electron chi connectivity index (χ0n) is 14.5. The Kier molecular flexibility index (Phi) is 6.14. The molecule has 3 rings (SSSR count). The summed E-state index contributed by atoms with van der Waals surface area (Å²) in [5.41, 5.74) is 1.10. The largest absolute Gasteiger partial charge is 0.385 e. The highest BCUT2D eigenvalue weighted by Crippen LogP contribution is 2.36. The van der Waals surface area contributed by atoms with Gasteiger partial charge in [-0.3, -0.25) is 9.59 Å². The van der Waals surface area contributed by atoms with Crippen molar-refractivity contribution >= 4 is 39.2 Å². The van der Waals surface area contributed by atoms with Gasteiger partial charge in [0.15, 0.2) is 5.16 Å². The number of H-pyrrole nitrogens is 1. The zero-order valence-corrected chi connectivity index (χ0v) is 16.1. The Bertz CT molecular complexity index is 815. The van der Waals surface area contributed by atoms with Crippen molar-refractivity contribution in [2.24, 2.45) is 5.92 Å². The van der Waals surface area contributed by atoms with E-state index >= 15 is 0 Å². The van der Waals surface area contributed by atoms with Crippen LogP contribution >= 0.6 is 23.1 Å². The van der Waals surface area contributed by atoms with Crippen molar-refractivity contribution in [3.63, 3.8) is 0 Å². The SMILES string of the molecule is COCCCNC(=O)CSc1nc2sc3c(c2c(=O)[nH]1)CC[C@H](C)C3. The highest BCUT2D eigenvalue weighted by atomic mass is 32.2. The Morgan fingerprint density at radius 1 is 1.52 bits per heavy atom. The van der Waals surface area contributed by atoms with Crippen LogP contribution in [0.2, 0.25) is 0 Å². The maximum absolute atomic E-state index is 12.5. The lowest BCUT2D eigenvalue weighted by atomic mass is 9.89. The average molecular weight is 382 g/mol. The average Bonchev–Trinajstić information content (AvgIpc) is 2.94. The first-order chi connectivity index (χ1) is 12.1. The molecule has 2 aromatic heterocycles. The second-order valence-corrected chi connectivity index (χ2v) is 8.44. The molecule has 1 amide bonds. The number of thiophene rings is 1. The lowest BCUT2D eigenvalue weighted by Gasteiger charge is -2.17. The molecule has 2 N–H and O–H groups in total. The van der Waals surface area contributed by atoms with Crippen LogP contribution in [-0.2, 0) is 22.4 Å². The number of nitrogens with one attached hydrogen (secondary N) is 2. The van der Waals surface area contributed by atoms with E-state index in [1.54, 1.807) is 18.4 Å². The van der Waals surface area contributed by atoms with Gasteiger partial charge in [0.1, 0.15) is 4.83 Å². The van der Waals surface area contributed by atoms with Crippen LogP contribution in [0.1, 0.15) is 30.2 Å². The van der Waals surface area contributed by atoms with Crippen LogP contribution in [0, 0.1) is 5.92 Å². The summed E-state index contributed by atoms with van der Waals surface area (Å²) in [5, 5.41) is 4.09. The number of fused-ring (bicyclic) bond motifs is 3. The van der Waals surface area contributed by atoms with E-state index < -0.39 is 0 Å². The quantitative estimate of drug-likeness (QED) is 0.437. The summed E-state index contributed by atoms with van der Waals surface area (Å²) in [6.07, 6.45) is 3.89. The van der Waals surface area contributed by atoms with Gasteiger partial charge >= 0.3 is 0 Å². The molecule has 0 fully saturated rings. The van der Waals surface area contributed by atoms with Crippen LogP contribution in [0.4, 0.5) is 0 Å². The fourth-order valence-electron chi connectivity index (χ4n) is 3.03. The van der Waals surface area contributed by atoms with E-state index in [1.165, 1.54) is 22.2 Å². The van der Waals surface area contributed by atoms with Crippen molar-refractivity contribution in [1.29, 1.82) is 0 Å². The van der Waals surface area contributed by atoms with Crippen LogP contribution in [0.25, 0.3) is 10.2 Å². The van der Waals surface area contributed by atoms with Crippen molar-refractivity contribution in [2.75, 3.05) is 26.0 Å². The third-order valence-corrected chi connectivity index (χ3v) is 6.35. The van der Waals surface area contributed by atoms with Gasteiger partial charge in [0.25, 0.3) is 5.56 Å². The Hall–Kier alpha value is -1.38. The number of hydrogen-bond donors (Lipinski definition) is 2. The van der Waals surface area contributed by atoms with Gasteiger partial charge in [-0.25, -0.2) is 4.98 Å². The first-order valence-corrected chi connectivity index (χ1v) is 10.3. The first-order valence-electron chi connectivity index (χ1n) is 8.51. The van der Waals surface area contributed by atoms with E-state index in [0.29, 0.717) is 24.2 Å². The van der Waals surface area contributed by atoms with Crippen LogP contribution in [0.5, 0.6) is 0 Å². The minimum Gasteiger partial charge on any atom is -0.385 e. The maximum Gasteiger partial charge on any atom is 0.260 e. The van der Waals surface area contributed by atoms with Gasteiger partial charge in [-0.1, -0.05) is 18.7 Å². The number of carbonyl (C=O) groups excluding carboxylic acids is 1. The van der Waals surface area contributed by atoms with Gasteiger partial charge < -0.3 is 15.0 Å². The molecule has 2 heterocycles. The molecule has 0 saturated heterocycles. The van der Waals surface area contributed by atoms with Crippen LogP contribution < -0.4 is 10.9 Å². The maximum atomic E-state index is 12.5. The van der Waals surface area contributed by atoms with E-state index in [2.05, 4.69) is 22.2 Å². The molecule has 0 aromatic carbocycles. The number of amides is 1. The van der Waals surface area contributed by atoms with Crippen molar-refractivity contribution in [2.45, 2.75) is 37.8 Å². The number of nitrogens with zero attached hydrogens (tertiary/aromatic N) is 1. The molecule has 1 atom stereocenters. The second kappa shape index (κ2) is 8.33. The van der Waals surface area contributed by atoms with Gasteiger partial charge in [-0.05, 0) is 37.2 Å². The Balaban J connectivity index is 1.67. The van der Waals surface area contributed by atoms with Gasteiger partial charge in [0, 0.05) is 25.1 Å². The van der Waals surface area contributed by atoms with Crippen molar-refractivity contribution in [1.82, 2.24) is 15.3 Å². The summed E-state index contributed by atoms with van der Waals surface area (Å²) in [5.74, 6) is 0.835. The van der Waals surface area contributed by atoms with Gasteiger partial charge in [0.05, 0.1) is 11.1 Å². The van der Waals surface area contributed by atoms with Crippen molar-refractivity contribution in [3.8, 4) is 0 Å². The molecule has 8 heteroatoms. The number of carbonyl (C=O) groups is 1. The van der Waals surface area contributed by atoms with Gasteiger partial charge in [-0.2, -0.15) is 0 Å². The number of hydrogen-bond acceptors (Lipinski definition) is 6. The standard InChI is InChI=1S/C17H23N3O3S2/c1-10-4-5-11-12(8-10)25-16-14(11)15(22)19-17(20-16)24-9-13(21)18-6-3-7-23-2/h10H,3-9H2,1-2H3,(H,18,21)(H,19,20,22)/t10-/m0/s1. The number of rotatable bonds is 7. The molecule has 1 aliphatic carbocycles. The highest BCUT2D eigenvalue weighted by Gasteiger charge is 2.23. The minimum absolute atomic E-state index is 0.0665. The Morgan fingerprint density at radius 2 is 2.36 bits per heavy atom. The van der Waals surface area contributed by atoms with Gasteiger partial charge in [-0.15, -0.1) is 11.3 Å². The third-order valence-electron chi connectivity index (χ3n) is 4.33. The Labute approximate surface area is 154 Å². The van der Waals surface area contributed by atoms with Crippen LogP contribution in [-0.4, -0.2) is 41.9 Å². The molecule has 0 aliphatic heterocycles. The number of aromatic nitrogens is 2. The van der Waals surface area contributed by atoms with E-state index in [9.17, 15) is 9.59 Å². The molecular formula is C17H23N3O3S2. The summed E-state index contributed by atoms with van der Waals surface area (Å²) < 4.78 is 4.94. The highest BCUT2D eigenvalue weighted by molar-refractivity contribution is 7.99. The predicted molar refractivity (Wildman–Crippen MR) is 102 cm³/mol.